The minimum atomic E-state index is 0.0586. The maximum absolute atomic E-state index is 12.3. The van der Waals surface area contributed by atoms with Crippen LogP contribution in [0.15, 0.2) is 33.7 Å². The molecule has 136 valence electrons. The largest absolute Gasteiger partial charge is 0.460 e. The molecule has 6 heteroatoms. The second-order valence-corrected chi connectivity index (χ2v) is 7.02. The number of aryl methyl sites for hydroxylation is 1. The van der Waals surface area contributed by atoms with Crippen LogP contribution in [0.2, 0.25) is 0 Å². The number of nitrogens with zero attached hydrogens (tertiary/aromatic N) is 1. The molecule has 0 aromatic carbocycles. The first-order chi connectivity index (χ1) is 12.6. The fraction of sp³-hybridized carbons (Fsp3) is 0.400. The van der Waals surface area contributed by atoms with Gasteiger partial charge in [-0.2, -0.15) is 5.10 Å². The van der Waals surface area contributed by atoms with Crippen molar-refractivity contribution in [3.8, 4) is 11.3 Å². The number of aromatic amines is 2. The van der Waals surface area contributed by atoms with E-state index in [1.54, 1.807) is 0 Å². The summed E-state index contributed by atoms with van der Waals surface area (Å²) in [6, 6.07) is 4.20. The lowest BCUT2D eigenvalue weighted by Crippen LogP contribution is -2.21. The molecule has 3 aromatic heterocycles. The Morgan fingerprint density at radius 3 is 2.85 bits per heavy atom. The van der Waals surface area contributed by atoms with Crippen molar-refractivity contribution >= 4 is 0 Å². The predicted molar refractivity (Wildman–Crippen MR) is 100.0 cm³/mol. The van der Waals surface area contributed by atoms with Gasteiger partial charge in [0.25, 0.3) is 5.56 Å². The average molecular weight is 352 g/mol. The number of hydrogen-bond acceptors (Lipinski definition) is 4. The minimum absolute atomic E-state index is 0.0586. The first-order valence-electron chi connectivity index (χ1n) is 9.19. The normalized spacial score (nSPS) is 15.0. The Bertz CT molecular complexity index is 953. The molecule has 3 N–H and O–H groups in total. The maximum Gasteiger partial charge on any atom is 0.251 e. The van der Waals surface area contributed by atoms with E-state index in [0.717, 1.165) is 65.2 Å². The van der Waals surface area contributed by atoms with Gasteiger partial charge < -0.3 is 14.7 Å². The molecule has 0 saturated heterocycles. The van der Waals surface area contributed by atoms with Gasteiger partial charge in [0.15, 0.2) is 0 Å². The molecule has 6 nitrogen and oxygen atoms in total. The van der Waals surface area contributed by atoms with Crippen molar-refractivity contribution in [3.05, 3.63) is 63.0 Å². The summed E-state index contributed by atoms with van der Waals surface area (Å²) in [5, 5.41) is 10.3. The van der Waals surface area contributed by atoms with Crippen LogP contribution >= 0.6 is 0 Å². The highest BCUT2D eigenvalue weighted by atomic mass is 16.3. The van der Waals surface area contributed by atoms with Crippen LogP contribution in [-0.2, 0) is 19.4 Å². The Kier molecular flexibility index (Phi) is 4.51. The lowest BCUT2D eigenvalue weighted by atomic mass is 9.88. The van der Waals surface area contributed by atoms with E-state index < -0.39 is 0 Å². The molecule has 0 aliphatic heterocycles. The Morgan fingerprint density at radius 1 is 1.27 bits per heavy atom. The molecular weight excluding hydrogens is 328 g/mol. The van der Waals surface area contributed by atoms with E-state index in [1.165, 1.54) is 0 Å². The standard InChI is InChI=1S/C20H24N4O2/c1-12(14-9-22-23-10-14)21-11-15-7-8-18(26-15)19-13(2)24-20(25)17-6-4-3-5-16(17)19/h7-10,12,21H,3-6,11H2,1-2H3,(H,22,23)(H,24,25). The third-order valence-electron chi connectivity index (χ3n) is 5.23. The Hall–Kier alpha value is -2.60. The third-order valence-corrected chi connectivity index (χ3v) is 5.23. The molecule has 1 aliphatic carbocycles. The number of H-pyrrole nitrogens is 2. The van der Waals surface area contributed by atoms with E-state index in [-0.39, 0.29) is 11.6 Å². The SMILES string of the molecule is Cc1[nH]c(=O)c2c(c1-c1ccc(CNC(C)c3cn[nH]c3)o1)CCCC2. The number of fused-ring (bicyclic) bond motifs is 1. The van der Waals surface area contributed by atoms with Crippen LogP contribution in [0, 0.1) is 6.92 Å². The van der Waals surface area contributed by atoms with Gasteiger partial charge in [-0.1, -0.05) is 0 Å². The number of hydrogen-bond donors (Lipinski definition) is 3. The van der Waals surface area contributed by atoms with Crippen LogP contribution in [0.25, 0.3) is 11.3 Å². The molecule has 0 amide bonds. The van der Waals surface area contributed by atoms with Gasteiger partial charge in [0.05, 0.1) is 12.7 Å². The lowest BCUT2D eigenvalue weighted by molar-refractivity contribution is 0.467. The molecule has 1 atom stereocenters. The van der Waals surface area contributed by atoms with Crippen LogP contribution < -0.4 is 10.9 Å². The number of pyridine rings is 1. The van der Waals surface area contributed by atoms with Crippen molar-refractivity contribution in [2.45, 2.75) is 52.1 Å². The molecule has 0 spiro atoms. The van der Waals surface area contributed by atoms with Crippen LogP contribution in [0.5, 0.6) is 0 Å². The van der Waals surface area contributed by atoms with E-state index in [9.17, 15) is 4.79 Å². The van der Waals surface area contributed by atoms with Crippen LogP contribution in [0.1, 0.15) is 54.0 Å². The minimum Gasteiger partial charge on any atom is -0.460 e. The summed E-state index contributed by atoms with van der Waals surface area (Å²) in [5.41, 5.74) is 5.22. The van der Waals surface area contributed by atoms with Gasteiger partial charge in [-0.3, -0.25) is 9.89 Å². The molecular formula is C20H24N4O2. The monoisotopic (exact) mass is 352 g/mol. The van der Waals surface area contributed by atoms with E-state index in [2.05, 4.69) is 27.4 Å². The zero-order valence-corrected chi connectivity index (χ0v) is 15.2. The fourth-order valence-electron chi connectivity index (χ4n) is 3.78. The molecule has 0 fully saturated rings. The first kappa shape index (κ1) is 16.8. The molecule has 4 rings (SSSR count). The topological polar surface area (TPSA) is 86.7 Å². The van der Waals surface area contributed by atoms with Crippen LogP contribution in [0.3, 0.4) is 0 Å². The van der Waals surface area contributed by atoms with Crippen molar-refractivity contribution in [3.63, 3.8) is 0 Å². The van der Waals surface area contributed by atoms with Crippen LogP contribution in [-0.4, -0.2) is 15.2 Å². The summed E-state index contributed by atoms with van der Waals surface area (Å²) >= 11 is 0. The van der Waals surface area contributed by atoms with E-state index in [0.29, 0.717) is 6.54 Å². The molecule has 0 saturated carbocycles. The fourth-order valence-corrected chi connectivity index (χ4v) is 3.78. The summed E-state index contributed by atoms with van der Waals surface area (Å²) in [5.74, 6) is 1.72. The van der Waals surface area contributed by atoms with Gasteiger partial charge in [0, 0.05) is 34.6 Å². The number of rotatable bonds is 5. The van der Waals surface area contributed by atoms with Crippen molar-refractivity contribution in [1.82, 2.24) is 20.5 Å². The zero-order chi connectivity index (χ0) is 18.1. The summed E-state index contributed by atoms with van der Waals surface area (Å²) < 4.78 is 6.12. The van der Waals surface area contributed by atoms with Crippen molar-refractivity contribution in [1.29, 1.82) is 0 Å². The molecule has 1 aliphatic rings. The quantitative estimate of drug-likeness (QED) is 0.657. The first-order valence-corrected chi connectivity index (χ1v) is 9.19. The summed E-state index contributed by atoms with van der Waals surface area (Å²) in [6.45, 7) is 4.68. The number of furan rings is 1. The Labute approximate surface area is 152 Å². The van der Waals surface area contributed by atoms with Gasteiger partial charge in [0.1, 0.15) is 11.5 Å². The molecule has 1 unspecified atom stereocenters. The van der Waals surface area contributed by atoms with Crippen molar-refractivity contribution in [2.24, 2.45) is 0 Å². The third kappa shape index (κ3) is 3.12. The van der Waals surface area contributed by atoms with E-state index >= 15 is 0 Å². The van der Waals surface area contributed by atoms with Crippen LogP contribution in [0.4, 0.5) is 0 Å². The van der Waals surface area contributed by atoms with Gasteiger partial charge in [-0.15, -0.1) is 0 Å². The molecule has 0 bridgehead atoms. The maximum atomic E-state index is 12.3. The molecule has 3 heterocycles. The van der Waals surface area contributed by atoms with Gasteiger partial charge in [-0.05, 0) is 57.2 Å². The Balaban J connectivity index is 1.58. The predicted octanol–water partition coefficient (Wildman–Crippen LogP) is 3.40. The van der Waals surface area contributed by atoms with E-state index in [1.807, 2.05) is 31.5 Å². The average Bonchev–Trinajstić information content (AvgIpc) is 3.32. The lowest BCUT2D eigenvalue weighted by Gasteiger charge is -2.19. The highest BCUT2D eigenvalue weighted by Gasteiger charge is 2.21. The molecule has 0 radical (unpaired) electrons. The smallest absolute Gasteiger partial charge is 0.251 e. The Morgan fingerprint density at radius 2 is 2.08 bits per heavy atom. The zero-order valence-electron chi connectivity index (χ0n) is 15.2. The van der Waals surface area contributed by atoms with Gasteiger partial charge in [0.2, 0.25) is 0 Å². The van der Waals surface area contributed by atoms with E-state index in [4.69, 9.17) is 4.42 Å². The second kappa shape index (κ2) is 6.96. The molecule has 3 aromatic rings. The van der Waals surface area contributed by atoms with Gasteiger partial charge in [-0.25, -0.2) is 0 Å². The highest BCUT2D eigenvalue weighted by molar-refractivity contribution is 5.67. The van der Waals surface area contributed by atoms with Crippen molar-refractivity contribution < 1.29 is 4.42 Å². The summed E-state index contributed by atoms with van der Waals surface area (Å²) in [6.07, 6.45) is 7.72. The summed E-state index contributed by atoms with van der Waals surface area (Å²) in [4.78, 5) is 15.3. The number of nitrogens with one attached hydrogen (secondary N) is 3. The second-order valence-electron chi connectivity index (χ2n) is 7.02. The van der Waals surface area contributed by atoms with Crippen molar-refractivity contribution in [2.75, 3.05) is 0 Å². The summed E-state index contributed by atoms with van der Waals surface area (Å²) in [7, 11) is 0. The number of aromatic nitrogens is 3. The van der Waals surface area contributed by atoms with Gasteiger partial charge >= 0.3 is 0 Å². The molecule has 26 heavy (non-hydrogen) atoms. The highest BCUT2D eigenvalue weighted by Crippen LogP contribution is 2.32.